The Morgan fingerprint density at radius 2 is 1.86 bits per heavy atom. The van der Waals surface area contributed by atoms with E-state index in [-0.39, 0.29) is 22.2 Å². The second kappa shape index (κ2) is 6.23. The van der Waals surface area contributed by atoms with Gasteiger partial charge in [-0.1, -0.05) is 35.3 Å². The molecule has 2 aromatic carbocycles. The molecule has 0 fully saturated rings. The number of sulfonamides is 1. The summed E-state index contributed by atoms with van der Waals surface area (Å²) in [7, 11) is -3.80. The number of hydrogen-bond donors (Lipinski definition) is 2. The minimum absolute atomic E-state index is 0.0433. The smallest absolute Gasteiger partial charge is 0.261 e. The Hall–Kier alpha value is -1.27. The Morgan fingerprint density at radius 3 is 2.52 bits per heavy atom. The molecule has 0 aliphatic rings. The largest absolute Gasteiger partial charge is 0.392 e. The summed E-state index contributed by atoms with van der Waals surface area (Å²) in [5.41, 5.74) is 1.47. The number of aliphatic hydroxyl groups is 1. The second-order valence-electron chi connectivity index (χ2n) is 4.49. The molecule has 2 N–H and O–H groups in total. The Labute approximate surface area is 133 Å². The molecule has 0 aromatic heterocycles. The van der Waals surface area contributed by atoms with E-state index in [2.05, 4.69) is 4.72 Å². The summed E-state index contributed by atoms with van der Waals surface area (Å²) in [6.45, 7) is 1.54. The average Bonchev–Trinajstić information content (AvgIpc) is 2.44. The maximum Gasteiger partial charge on any atom is 0.261 e. The fourth-order valence-electron chi connectivity index (χ4n) is 1.74. The molecule has 0 radical (unpaired) electrons. The van der Waals surface area contributed by atoms with Crippen LogP contribution < -0.4 is 4.72 Å². The van der Waals surface area contributed by atoms with Gasteiger partial charge in [-0.15, -0.1) is 0 Å². The van der Waals surface area contributed by atoms with Gasteiger partial charge in [0.25, 0.3) is 10.0 Å². The lowest BCUT2D eigenvalue weighted by Crippen LogP contribution is -2.13. The molecule has 0 bridgehead atoms. The molecule has 0 atom stereocenters. The van der Waals surface area contributed by atoms with Gasteiger partial charge in [0.1, 0.15) is 0 Å². The summed E-state index contributed by atoms with van der Waals surface area (Å²) < 4.78 is 27.0. The van der Waals surface area contributed by atoms with E-state index >= 15 is 0 Å². The monoisotopic (exact) mass is 345 g/mol. The van der Waals surface area contributed by atoms with Gasteiger partial charge in [0.15, 0.2) is 0 Å². The van der Waals surface area contributed by atoms with Crippen LogP contribution in [0.3, 0.4) is 0 Å². The summed E-state index contributed by atoms with van der Waals surface area (Å²) >= 11 is 12.0. The number of hydrogen-bond acceptors (Lipinski definition) is 3. The lowest BCUT2D eigenvalue weighted by Gasteiger charge is -2.11. The maximum absolute atomic E-state index is 12.3. The normalized spacial score (nSPS) is 11.4. The van der Waals surface area contributed by atoms with Gasteiger partial charge in [-0.2, -0.15) is 0 Å². The Morgan fingerprint density at radius 1 is 1.14 bits per heavy atom. The first kappa shape index (κ1) is 16.1. The number of benzene rings is 2. The van der Waals surface area contributed by atoms with Crippen molar-refractivity contribution in [2.45, 2.75) is 18.4 Å². The third kappa shape index (κ3) is 3.68. The summed E-state index contributed by atoms with van der Waals surface area (Å²) in [6, 6.07) is 9.08. The fourth-order valence-corrected chi connectivity index (χ4v) is 3.36. The first-order valence-corrected chi connectivity index (χ1v) is 8.25. The minimum Gasteiger partial charge on any atom is -0.392 e. The third-order valence-electron chi connectivity index (χ3n) is 2.88. The number of rotatable bonds is 4. The fraction of sp³-hybridized carbons (Fsp3) is 0.143. The van der Waals surface area contributed by atoms with E-state index in [4.69, 9.17) is 28.3 Å². The van der Waals surface area contributed by atoms with E-state index in [9.17, 15) is 8.42 Å². The Balaban J connectivity index is 2.39. The van der Waals surface area contributed by atoms with Gasteiger partial charge in [0.05, 0.1) is 22.2 Å². The lowest BCUT2D eigenvalue weighted by atomic mass is 10.2. The van der Waals surface area contributed by atoms with Gasteiger partial charge in [0.2, 0.25) is 0 Å². The molecule has 0 spiro atoms. The van der Waals surface area contributed by atoms with Crippen molar-refractivity contribution in [3.05, 3.63) is 57.6 Å². The van der Waals surface area contributed by atoms with E-state index in [1.54, 1.807) is 25.1 Å². The molecule has 4 nitrogen and oxygen atoms in total. The highest BCUT2D eigenvalue weighted by Gasteiger charge is 2.17. The van der Waals surface area contributed by atoms with E-state index in [1.807, 2.05) is 0 Å². The van der Waals surface area contributed by atoms with Crippen molar-refractivity contribution in [1.82, 2.24) is 0 Å². The zero-order chi connectivity index (χ0) is 15.6. The van der Waals surface area contributed by atoms with Crippen LogP contribution in [0.25, 0.3) is 0 Å². The molecule has 2 rings (SSSR count). The van der Waals surface area contributed by atoms with Crippen molar-refractivity contribution in [3.8, 4) is 0 Å². The van der Waals surface area contributed by atoms with Crippen molar-refractivity contribution >= 4 is 38.9 Å². The van der Waals surface area contributed by atoms with E-state index < -0.39 is 10.0 Å². The number of aryl methyl sites for hydroxylation is 1. The van der Waals surface area contributed by atoms with Crippen LogP contribution >= 0.6 is 23.2 Å². The average molecular weight is 346 g/mol. The van der Waals surface area contributed by atoms with Gasteiger partial charge in [0, 0.05) is 5.02 Å². The van der Waals surface area contributed by atoms with Gasteiger partial charge in [-0.25, -0.2) is 8.42 Å². The van der Waals surface area contributed by atoms with Crippen LogP contribution in [0.2, 0.25) is 10.0 Å². The number of nitrogens with one attached hydrogen (secondary N) is 1. The predicted molar refractivity (Wildman–Crippen MR) is 84.4 cm³/mol. The first-order valence-electron chi connectivity index (χ1n) is 6.02. The second-order valence-corrected chi connectivity index (χ2v) is 6.99. The molecule has 7 heteroatoms. The number of anilines is 1. The van der Waals surface area contributed by atoms with Crippen molar-refractivity contribution in [3.63, 3.8) is 0 Å². The summed E-state index contributed by atoms with van der Waals surface area (Å²) in [5, 5.41) is 9.76. The molecule has 0 heterocycles. The molecule has 0 saturated carbocycles. The lowest BCUT2D eigenvalue weighted by molar-refractivity contribution is 0.281. The van der Waals surface area contributed by atoms with Crippen LogP contribution in [-0.2, 0) is 16.6 Å². The van der Waals surface area contributed by atoms with Crippen molar-refractivity contribution in [2.75, 3.05) is 4.72 Å². The van der Waals surface area contributed by atoms with Crippen molar-refractivity contribution in [2.24, 2.45) is 0 Å². The molecule has 112 valence electrons. The SMILES string of the molecule is Cc1cc(Cl)c(NS(=O)(=O)c2cccc(CO)c2)cc1Cl. The zero-order valence-corrected chi connectivity index (χ0v) is 13.4. The Kier molecular flexibility index (Phi) is 4.78. The quantitative estimate of drug-likeness (QED) is 0.889. The van der Waals surface area contributed by atoms with Gasteiger partial charge in [-0.3, -0.25) is 4.72 Å². The number of halogens is 2. The molecule has 0 saturated heterocycles. The minimum atomic E-state index is -3.80. The predicted octanol–water partition coefficient (Wildman–Crippen LogP) is 3.59. The van der Waals surface area contributed by atoms with Crippen molar-refractivity contribution < 1.29 is 13.5 Å². The molecule has 2 aromatic rings. The molecule has 21 heavy (non-hydrogen) atoms. The van der Waals surface area contributed by atoms with Crippen molar-refractivity contribution in [1.29, 1.82) is 0 Å². The molecule has 0 aliphatic heterocycles. The molecular weight excluding hydrogens is 333 g/mol. The highest BCUT2D eigenvalue weighted by Crippen LogP contribution is 2.30. The zero-order valence-electron chi connectivity index (χ0n) is 11.1. The highest BCUT2D eigenvalue weighted by atomic mass is 35.5. The van der Waals surface area contributed by atoms with Crippen LogP contribution in [0.5, 0.6) is 0 Å². The standard InChI is InChI=1S/C14H13Cl2NO3S/c1-9-5-13(16)14(7-12(9)15)17-21(19,20)11-4-2-3-10(6-11)8-18/h2-7,17-18H,8H2,1H3. The van der Waals surface area contributed by atoms with Gasteiger partial charge < -0.3 is 5.11 Å². The molecule has 0 aliphatic carbocycles. The third-order valence-corrected chi connectivity index (χ3v) is 4.97. The Bertz CT molecular complexity index is 776. The van der Waals surface area contributed by atoms with E-state index in [0.29, 0.717) is 10.6 Å². The maximum atomic E-state index is 12.3. The number of aliphatic hydroxyl groups excluding tert-OH is 1. The van der Waals surface area contributed by atoms with Gasteiger partial charge >= 0.3 is 0 Å². The van der Waals surface area contributed by atoms with Gasteiger partial charge in [-0.05, 0) is 42.3 Å². The molecule has 0 unspecified atom stereocenters. The van der Waals surface area contributed by atoms with E-state index in [1.165, 1.54) is 18.2 Å². The molecular formula is C14H13Cl2NO3S. The van der Waals surface area contributed by atoms with Crippen LogP contribution in [0.1, 0.15) is 11.1 Å². The van der Waals surface area contributed by atoms with Crippen LogP contribution in [-0.4, -0.2) is 13.5 Å². The van der Waals surface area contributed by atoms with Crippen LogP contribution in [0, 0.1) is 6.92 Å². The van der Waals surface area contributed by atoms with Crippen LogP contribution in [0.4, 0.5) is 5.69 Å². The summed E-state index contributed by atoms with van der Waals surface area (Å²) in [6.07, 6.45) is 0. The topological polar surface area (TPSA) is 66.4 Å². The van der Waals surface area contributed by atoms with E-state index in [0.717, 1.165) is 5.56 Å². The molecule has 0 amide bonds. The summed E-state index contributed by atoms with van der Waals surface area (Å²) in [5.74, 6) is 0. The first-order chi connectivity index (χ1) is 9.83. The summed E-state index contributed by atoms with van der Waals surface area (Å²) in [4.78, 5) is 0.0433. The van der Waals surface area contributed by atoms with Crippen LogP contribution in [0.15, 0.2) is 41.3 Å². The highest BCUT2D eigenvalue weighted by molar-refractivity contribution is 7.92.